The predicted octanol–water partition coefficient (Wildman–Crippen LogP) is 2.83. The first-order valence-corrected chi connectivity index (χ1v) is 8.10. The fourth-order valence-electron chi connectivity index (χ4n) is 2.45. The van der Waals surface area contributed by atoms with Crippen molar-refractivity contribution in [2.75, 3.05) is 12.5 Å². The van der Waals surface area contributed by atoms with Crippen LogP contribution in [-0.2, 0) is 15.9 Å². The monoisotopic (exact) mass is 330 g/mol. The zero-order valence-electron chi connectivity index (χ0n) is 12.7. The Labute approximate surface area is 138 Å². The second-order valence-electron chi connectivity index (χ2n) is 5.30. The summed E-state index contributed by atoms with van der Waals surface area (Å²) in [5, 5.41) is 3.52. The highest BCUT2D eigenvalue weighted by molar-refractivity contribution is 7.16. The Morgan fingerprint density at radius 3 is 2.78 bits per heavy atom. The van der Waals surface area contributed by atoms with Crippen LogP contribution in [0.2, 0.25) is 0 Å². The Bertz CT molecular complexity index is 725. The highest BCUT2D eigenvalue weighted by atomic mass is 32.1. The van der Waals surface area contributed by atoms with Crippen molar-refractivity contribution in [1.29, 1.82) is 0 Å². The number of nitrogen functional groups attached to an aromatic ring is 1. The minimum Gasteiger partial charge on any atom is -0.462 e. The van der Waals surface area contributed by atoms with E-state index in [0.717, 1.165) is 10.4 Å². The summed E-state index contributed by atoms with van der Waals surface area (Å²) in [4.78, 5) is 13.5. The maximum Gasteiger partial charge on any atom is 0.254 e. The minimum atomic E-state index is -0.299. The van der Waals surface area contributed by atoms with Crippen molar-refractivity contribution in [1.82, 2.24) is 5.32 Å². The van der Waals surface area contributed by atoms with E-state index in [4.69, 9.17) is 15.2 Å². The fraction of sp³-hybridized carbons (Fsp3) is 0.235. The van der Waals surface area contributed by atoms with Gasteiger partial charge in [0.15, 0.2) is 5.76 Å². The van der Waals surface area contributed by atoms with Gasteiger partial charge in [0.1, 0.15) is 6.26 Å². The van der Waals surface area contributed by atoms with Gasteiger partial charge in [-0.3, -0.25) is 4.79 Å². The Morgan fingerprint density at radius 1 is 1.39 bits per heavy atom. The van der Waals surface area contributed by atoms with Crippen molar-refractivity contribution in [2.45, 2.75) is 19.4 Å². The first kappa shape index (κ1) is 15.4. The molecule has 0 bridgehead atoms. The molecular weight excluding hydrogens is 312 g/mol. The van der Waals surface area contributed by atoms with E-state index in [1.165, 1.54) is 11.3 Å². The number of ether oxygens (including phenoxy) is 2. The van der Waals surface area contributed by atoms with Crippen LogP contribution in [0, 0.1) is 6.92 Å². The van der Waals surface area contributed by atoms with E-state index in [2.05, 4.69) is 5.32 Å². The van der Waals surface area contributed by atoms with E-state index < -0.39 is 0 Å². The van der Waals surface area contributed by atoms with Gasteiger partial charge in [-0.15, -0.1) is 11.3 Å². The molecule has 23 heavy (non-hydrogen) atoms. The summed E-state index contributed by atoms with van der Waals surface area (Å²) in [5.41, 5.74) is 7.52. The Hall–Kier alpha value is -2.47. The molecule has 1 atom stereocenters. The Balaban J connectivity index is 1.78. The van der Waals surface area contributed by atoms with E-state index >= 15 is 0 Å². The molecule has 0 saturated heterocycles. The van der Waals surface area contributed by atoms with Gasteiger partial charge in [0, 0.05) is 11.3 Å². The summed E-state index contributed by atoms with van der Waals surface area (Å²) < 4.78 is 10.6. The Morgan fingerprint density at radius 2 is 2.17 bits per heavy atom. The zero-order chi connectivity index (χ0) is 16.2. The molecule has 0 aliphatic carbocycles. The average molecular weight is 330 g/mol. The summed E-state index contributed by atoms with van der Waals surface area (Å²) in [6.45, 7) is 2.10. The number of hydrogen-bond donors (Lipinski definition) is 2. The number of hydrogen-bond acceptors (Lipinski definition) is 5. The van der Waals surface area contributed by atoms with Crippen molar-refractivity contribution in [3.05, 3.63) is 64.4 Å². The molecule has 0 fully saturated rings. The molecule has 1 unspecified atom stereocenters. The molecule has 6 heteroatoms. The topological polar surface area (TPSA) is 73.6 Å². The summed E-state index contributed by atoms with van der Waals surface area (Å²) >= 11 is 1.41. The SMILES string of the molecule is Cc1cc(C(=O)NC(Cc2ccccc2)C2=COCO2)c(N)s1. The van der Waals surface area contributed by atoms with E-state index in [9.17, 15) is 4.79 Å². The van der Waals surface area contributed by atoms with Gasteiger partial charge in [-0.1, -0.05) is 30.3 Å². The third-order valence-electron chi connectivity index (χ3n) is 3.55. The highest BCUT2D eigenvalue weighted by Gasteiger charge is 2.24. The average Bonchev–Trinajstić information content (AvgIpc) is 3.17. The molecule has 3 rings (SSSR count). The summed E-state index contributed by atoms with van der Waals surface area (Å²) in [5.74, 6) is 0.414. The zero-order valence-corrected chi connectivity index (χ0v) is 13.6. The quantitative estimate of drug-likeness (QED) is 0.884. The number of nitrogens with one attached hydrogen (secondary N) is 1. The van der Waals surface area contributed by atoms with Gasteiger partial charge >= 0.3 is 0 Å². The molecule has 2 aromatic rings. The molecule has 1 aromatic heterocycles. The first-order valence-electron chi connectivity index (χ1n) is 7.28. The minimum absolute atomic E-state index is 0.177. The van der Waals surface area contributed by atoms with Gasteiger partial charge in [-0.2, -0.15) is 0 Å². The maximum absolute atomic E-state index is 12.5. The first-order chi connectivity index (χ1) is 11.1. The van der Waals surface area contributed by atoms with Crippen molar-refractivity contribution in [3.8, 4) is 0 Å². The van der Waals surface area contributed by atoms with Crippen LogP contribution >= 0.6 is 11.3 Å². The van der Waals surface area contributed by atoms with Crippen LogP contribution in [-0.4, -0.2) is 18.7 Å². The standard InChI is InChI=1S/C17H18N2O3S/c1-11-7-13(16(18)23-11)17(20)19-14(15-9-21-10-22-15)8-12-5-3-2-4-6-12/h2-7,9,14H,8,10,18H2,1H3,(H,19,20). The lowest BCUT2D eigenvalue weighted by Crippen LogP contribution is -2.38. The normalized spacial score (nSPS) is 14.6. The second-order valence-corrected chi connectivity index (χ2v) is 6.59. The van der Waals surface area contributed by atoms with Crippen molar-refractivity contribution >= 4 is 22.2 Å². The molecule has 0 spiro atoms. The predicted molar refractivity (Wildman–Crippen MR) is 90.0 cm³/mol. The molecule has 0 radical (unpaired) electrons. The van der Waals surface area contributed by atoms with Crippen LogP contribution in [0.15, 0.2) is 48.4 Å². The van der Waals surface area contributed by atoms with Crippen LogP contribution in [0.1, 0.15) is 20.8 Å². The number of rotatable bonds is 5. The number of amides is 1. The highest BCUT2D eigenvalue weighted by Crippen LogP contribution is 2.25. The van der Waals surface area contributed by atoms with Crippen molar-refractivity contribution in [2.24, 2.45) is 0 Å². The molecule has 2 heterocycles. The number of benzene rings is 1. The number of anilines is 1. The second kappa shape index (κ2) is 6.75. The number of carbonyl (C=O) groups is 1. The van der Waals surface area contributed by atoms with Crippen LogP contribution in [0.25, 0.3) is 0 Å². The van der Waals surface area contributed by atoms with Gasteiger partial charge in [-0.05, 0) is 18.6 Å². The smallest absolute Gasteiger partial charge is 0.254 e. The van der Waals surface area contributed by atoms with Gasteiger partial charge < -0.3 is 20.5 Å². The van der Waals surface area contributed by atoms with Gasteiger partial charge in [0.05, 0.1) is 16.6 Å². The van der Waals surface area contributed by atoms with E-state index in [0.29, 0.717) is 22.7 Å². The van der Waals surface area contributed by atoms with Gasteiger partial charge in [-0.25, -0.2) is 0 Å². The summed E-state index contributed by atoms with van der Waals surface area (Å²) in [6, 6.07) is 11.4. The molecule has 1 aliphatic heterocycles. The Kier molecular flexibility index (Phi) is 4.52. The largest absolute Gasteiger partial charge is 0.462 e. The lowest BCUT2D eigenvalue weighted by atomic mass is 10.0. The third kappa shape index (κ3) is 3.65. The van der Waals surface area contributed by atoms with Gasteiger partial charge in [0.2, 0.25) is 6.79 Å². The van der Waals surface area contributed by atoms with E-state index in [-0.39, 0.29) is 18.7 Å². The third-order valence-corrected chi connectivity index (χ3v) is 4.43. The molecule has 0 saturated carbocycles. The molecule has 1 aliphatic rings. The lowest BCUT2D eigenvalue weighted by molar-refractivity contribution is 0.0706. The molecule has 120 valence electrons. The fourth-order valence-corrected chi connectivity index (χ4v) is 3.24. The van der Waals surface area contributed by atoms with E-state index in [1.54, 1.807) is 12.3 Å². The van der Waals surface area contributed by atoms with Crippen LogP contribution in [0.5, 0.6) is 0 Å². The van der Waals surface area contributed by atoms with Crippen LogP contribution in [0.3, 0.4) is 0 Å². The number of nitrogens with two attached hydrogens (primary N) is 1. The molecule has 1 amide bonds. The van der Waals surface area contributed by atoms with Gasteiger partial charge in [0.25, 0.3) is 5.91 Å². The molecule has 1 aromatic carbocycles. The number of thiophene rings is 1. The van der Waals surface area contributed by atoms with Crippen molar-refractivity contribution < 1.29 is 14.3 Å². The van der Waals surface area contributed by atoms with Crippen LogP contribution < -0.4 is 11.1 Å². The molecule has 5 nitrogen and oxygen atoms in total. The number of carbonyl (C=O) groups excluding carboxylic acids is 1. The molecule has 3 N–H and O–H groups in total. The van der Waals surface area contributed by atoms with Crippen molar-refractivity contribution in [3.63, 3.8) is 0 Å². The lowest BCUT2D eigenvalue weighted by Gasteiger charge is -2.18. The molecular formula is C17H18N2O3S. The van der Waals surface area contributed by atoms with Crippen LogP contribution in [0.4, 0.5) is 5.00 Å². The summed E-state index contributed by atoms with van der Waals surface area (Å²) in [7, 11) is 0. The number of aryl methyl sites for hydroxylation is 1. The summed E-state index contributed by atoms with van der Waals surface area (Å²) in [6.07, 6.45) is 2.17. The van der Waals surface area contributed by atoms with E-state index in [1.807, 2.05) is 37.3 Å². The maximum atomic E-state index is 12.5.